The Bertz CT molecular complexity index is 649. The molecule has 0 aromatic heterocycles. The first-order valence-electron chi connectivity index (χ1n) is 6.01. The van der Waals surface area contributed by atoms with E-state index in [0.29, 0.717) is 0 Å². The molecular formula is C15H16N2OS. The number of anilines is 1. The third-order valence-corrected chi connectivity index (χ3v) is 3.70. The number of nitrogens with one attached hydrogen (secondary N) is 1. The first-order chi connectivity index (χ1) is 8.91. The fourth-order valence-corrected chi connectivity index (χ4v) is 1.76. The lowest BCUT2D eigenvalue weighted by molar-refractivity contribution is -0.121. The molecule has 0 aliphatic carbocycles. The number of fused-ring (bicyclic) bond motifs is 1. The van der Waals surface area contributed by atoms with Crippen LogP contribution < -0.4 is 11.1 Å². The van der Waals surface area contributed by atoms with Gasteiger partial charge >= 0.3 is 0 Å². The van der Waals surface area contributed by atoms with Crippen LogP contribution in [0, 0.1) is 5.41 Å². The Kier molecular flexibility index (Phi) is 3.53. The van der Waals surface area contributed by atoms with E-state index in [2.05, 4.69) is 5.32 Å². The lowest BCUT2D eigenvalue weighted by atomic mass is 9.92. The van der Waals surface area contributed by atoms with Crippen LogP contribution in [0.25, 0.3) is 10.8 Å². The average molecular weight is 272 g/mol. The van der Waals surface area contributed by atoms with E-state index in [9.17, 15) is 4.79 Å². The molecule has 4 heteroatoms. The summed E-state index contributed by atoms with van der Waals surface area (Å²) < 4.78 is 0. The Balaban J connectivity index is 2.27. The molecule has 98 valence electrons. The number of carbonyl (C=O) groups is 1. The maximum absolute atomic E-state index is 12.1. The highest BCUT2D eigenvalue weighted by atomic mass is 32.1. The zero-order chi connectivity index (χ0) is 14.0. The topological polar surface area (TPSA) is 55.1 Å². The molecular weight excluding hydrogens is 256 g/mol. The van der Waals surface area contributed by atoms with E-state index >= 15 is 0 Å². The lowest BCUT2D eigenvalue weighted by Crippen LogP contribution is -2.41. The van der Waals surface area contributed by atoms with Crippen LogP contribution in [-0.4, -0.2) is 10.9 Å². The summed E-state index contributed by atoms with van der Waals surface area (Å²) in [5.41, 5.74) is 5.47. The summed E-state index contributed by atoms with van der Waals surface area (Å²) in [6.07, 6.45) is 0. The Labute approximate surface area is 117 Å². The van der Waals surface area contributed by atoms with Gasteiger partial charge in [-0.3, -0.25) is 4.79 Å². The SMILES string of the molecule is CC(C)(C(=O)Nc1ccc2ccccc2c1)C(N)=S. The molecule has 0 radical (unpaired) electrons. The smallest absolute Gasteiger partial charge is 0.236 e. The van der Waals surface area contributed by atoms with Gasteiger partial charge in [0.1, 0.15) is 0 Å². The molecule has 3 nitrogen and oxygen atoms in total. The van der Waals surface area contributed by atoms with E-state index in [-0.39, 0.29) is 10.9 Å². The molecule has 0 aliphatic rings. The monoisotopic (exact) mass is 272 g/mol. The van der Waals surface area contributed by atoms with Crippen molar-refractivity contribution >= 4 is 39.6 Å². The van der Waals surface area contributed by atoms with Crippen LogP contribution in [0.2, 0.25) is 0 Å². The Morgan fingerprint density at radius 2 is 1.79 bits per heavy atom. The molecule has 0 spiro atoms. The minimum absolute atomic E-state index is 0.186. The van der Waals surface area contributed by atoms with E-state index in [1.807, 2.05) is 42.5 Å². The van der Waals surface area contributed by atoms with Crippen LogP contribution in [-0.2, 0) is 4.79 Å². The third-order valence-electron chi connectivity index (χ3n) is 3.19. The van der Waals surface area contributed by atoms with E-state index in [1.54, 1.807) is 13.8 Å². The summed E-state index contributed by atoms with van der Waals surface area (Å²) in [6.45, 7) is 3.43. The van der Waals surface area contributed by atoms with Crippen LogP contribution >= 0.6 is 12.2 Å². The standard InChI is InChI=1S/C15H16N2OS/c1-15(2,13(16)19)14(18)17-12-8-7-10-5-3-4-6-11(10)9-12/h3-9H,1-2H3,(H2,16,19)(H,17,18). The van der Waals surface area contributed by atoms with Gasteiger partial charge in [-0.05, 0) is 36.8 Å². The van der Waals surface area contributed by atoms with E-state index in [1.165, 1.54) is 0 Å². The molecule has 0 heterocycles. The summed E-state index contributed by atoms with van der Waals surface area (Å²) >= 11 is 4.92. The molecule has 0 saturated heterocycles. The summed E-state index contributed by atoms with van der Waals surface area (Å²) in [6, 6.07) is 13.8. The second kappa shape index (κ2) is 4.97. The normalized spacial score (nSPS) is 11.3. The highest BCUT2D eigenvalue weighted by Crippen LogP contribution is 2.22. The molecule has 1 amide bonds. The number of hydrogen-bond acceptors (Lipinski definition) is 2. The number of nitrogens with two attached hydrogens (primary N) is 1. The zero-order valence-electron chi connectivity index (χ0n) is 10.9. The van der Waals surface area contributed by atoms with Gasteiger partial charge in [0, 0.05) is 5.69 Å². The van der Waals surface area contributed by atoms with E-state index in [4.69, 9.17) is 18.0 Å². The van der Waals surface area contributed by atoms with Crippen molar-refractivity contribution in [3.8, 4) is 0 Å². The van der Waals surface area contributed by atoms with Crippen LogP contribution in [0.3, 0.4) is 0 Å². The molecule has 0 bridgehead atoms. The Morgan fingerprint density at radius 3 is 2.42 bits per heavy atom. The quantitative estimate of drug-likeness (QED) is 0.844. The van der Waals surface area contributed by atoms with Crippen LogP contribution in [0.5, 0.6) is 0 Å². The average Bonchev–Trinajstić information content (AvgIpc) is 2.38. The maximum atomic E-state index is 12.1. The highest BCUT2D eigenvalue weighted by molar-refractivity contribution is 7.80. The molecule has 2 aromatic carbocycles. The summed E-state index contributed by atoms with van der Waals surface area (Å²) in [5.74, 6) is -0.199. The fraction of sp³-hybridized carbons (Fsp3) is 0.200. The van der Waals surface area contributed by atoms with Gasteiger partial charge in [-0.1, -0.05) is 42.5 Å². The molecule has 0 atom stereocenters. The molecule has 2 aromatic rings. The predicted molar refractivity (Wildman–Crippen MR) is 83.1 cm³/mol. The first kappa shape index (κ1) is 13.5. The van der Waals surface area contributed by atoms with E-state index in [0.717, 1.165) is 16.5 Å². The largest absolute Gasteiger partial charge is 0.392 e. The minimum atomic E-state index is -0.860. The van der Waals surface area contributed by atoms with Gasteiger partial charge in [0.05, 0.1) is 10.4 Å². The summed E-state index contributed by atoms with van der Waals surface area (Å²) in [4.78, 5) is 12.3. The maximum Gasteiger partial charge on any atom is 0.236 e. The van der Waals surface area contributed by atoms with Crippen LogP contribution in [0.4, 0.5) is 5.69 Å². The van der Waals surface area contributed by atoms with Crippen molar-refractivity contribution < 1.29 is 4.79 Å². The van der Waals surface area contributed by atoms with Gasteiger partial charge in [0.15, 0.2) is 0 Å². The van der Waals surface area contributed by atoms with Crippen molar-refractivity contribution in [3.63, 3.8) is 0 Å². The molecule has 3 N–H and O–H groups in total. The van der Waals surface area contributed by atoms with Crippen molar-refractivity contribution in [1.82, 2.24) is 0 Å². The summed E-state index contributed by atoms with van der Waals surface area (Å²) in [5, 5.41) is 5.06. The van der Waals surface area contributed by atoms with Crippen molar-refractivity contribution in [2.45, 2.75) is 13.8 Å². The predicted octanol–water partition coefficient (Wildman–Crippen LogP) is 3.09. The molecule has 0 fully saturated rings. The third kappa shape index (κ3) is 2.74. The van der Waals surface area contributed by atoms with Crippen molar-refractivity contribution in [3.05, 3.63) is 42.5 Å². The summed E-state index contributed by atoms with van der Waals surface area (Å²) in [7, 11) is 0. The van der Waals surface area contributed by atoms with Gasteiger partial charge < -0.3 is 11.1 Å². The van der Waals surface area contributed by atoms with E-state index < -0.39 is 5.41 Å². The molecule has 2 rings (SSSR count). The number of hydrogen-bond donors (Lipinski definition) is 2. The van der Waals surface area contributed by atoms with Crippen LogP contribution in [0.15, 0.2) is 42.5 Å². The zero-order valence-corrected chi connectivity index (χ0v) is 11.8. The number of thiocarbonyl (C=S) groups is 1. The van der Waals surface area contributed by atoms with Crippen molar-refractivity contribution in [1.29, 1.82) is 0 Å². The molecule has 0 aliphatic heterocycles. The van der Waals surface area contributed by atoms with Gasteiger partial charge in [0.25, 0.3) is 0 Å². The molecule has 19 heavy (non-hydrogen) atoms. The van der Waals surface area contributed by atoms with Gasteiger partial charge in [-0.25, -0.2) is 0 Å². The van der Waals surface area contributed by atoms with Crippen LogP contribution in [0.1, 0.15) is 13.8 Å². The lowest BCUT2D eigenvalue weighted by Gasteiger charge is -2.22. The second-order valence-corrected chi connectivity index (χ2v) is 5.45. The minimum Gasteiger partial charge on any atom is -0.392 e. The number of amides is 1. The number of benzene rings is 2. The Morgan fingerprint density at radius 1 is 1.16 bits per heavy atom. The first-order valence-corrected chi connectivity index (χ1v) is 6.42. The second-order valence-electron chi connectivity index (χ2n) is 5.01. The molecule has 0 saturated carbocycles. The highest BCUT2D eigenvalue weighted by Gasteiger charge is 2.30. The van der Waals surface area contributed by atoms with Crippen molar-refractivity contribution in [2.24, 2.45) is 11.1 Å². The fourth-order valence-electron chi connectivity index (χ4n) is 1.67. The molecule has 0 unspecified atom stereocenters. The van der Waals surface area contributed by atoms with Gasteiger partial charge in [-0.2, -0.15) is 0 Å². The number of carbonyl (C=O) groups excluding carboxylic acids is 1. The van der Waals surface area contributed by atoms with Gasteiger partial charge in [-0.15, -0.1) is 0 Å². The van der Waals surface area contributed by atoms with Crippen molar-refractivity contribution in [2.75, 3.05) is 5.32 Å². The van der Waals surface area contributed by atoms with Gasteiger partial charge in [0.2, 0.25) is 5.91 Å². The number of rotatable bonds is 3. The Hall–Kier alpha value is -1.94.